The molecule has 0 fully saturated rings. The van der Waals surface area contributed by atoms with E-state index in [0.717, 1.165) is 89.1 Å². The predicted octanol–water partition coefficient (Wildman–Crippen LogP) is 12.5. The first-order valence-electron chi connectivity index (χ1n) is 21.1. The fourth-order valence-electron chi connectivity index (χ4n) is 8.64. The summed E-state index contributed by atoms with van der Waals surface area (Å²) in [6.07, 6.45) is 7.27. The van der Waals surface area contributed by atoms with E-state index in [1.54, 1.807) is 12.4 Å². The van der Waals surface area contributed by atoms with Gasteiger partial charge in [-0.15, -0.1) is 0 Å². The Morgan fingerprint density at radius 2 is 0.797 bits per heavy atom. The normalized spacial score (nSPS) is 11.4. The van der Waals surface area contributed by atoms with Gasteiger partial charge in [0, 0.05) is 85.4 Å². The molecule has 64 heavy (non-hydrogen) atoms. The van der Waals surface area contributed by atoms with Crippen LogP contribution >= 0.6 is 0 Å². The largest absolute Gasteiger partial charge is 0.457 e. The van der Waals surface area contributed by atoms with Crippen LogP contribution in [0.3, 0.4) is 0 Å². The molecule has 0 unspecified atom stereocenters. The number of anilines is 2. The molecule has 0 saturated heterocycles. The van der Waals surface area contributed by atoms with Gasteiger partial charge in [-0.25, -0.2) is 9.97 Å². The fraction of sp³-hybridized carbons (Fsp3) is 0.0741. The number of aromatic nitrogens is 6. The third kappa shape index (κ3) is 6.78. The molecule has 0 amide bonds. The van der Waals surface area contributed by atoms with Crippen molar-refractivity contribution in [2.24, 2.45) is 0 Å². The second-order valence-electron chi connectivity index (χ2n) is 16.1. The van der Waals surface area contributed by atoms with Crippen LogP contribution in [0.4, 0.5) is 11.4 Å². The Morgan fingerprint density at radius 1 is 0.375 bits per heavy atom. The molecule has 0 aliphatic rings. The summed E-state index contributed by atoms with van der Waals surface area (Å²) in [5.74, 6) is 4.54. The molecule has 10 heteroatoms. The minimum Gasteiger partial charge on any atom is -0.457 e. The summed E-state index contributed by atoms with van der Waals surface area (Å²) in [5.41, 5.74) is 9.48. The van der Waals surface area contributed by atoms with Crippen LogP contribution in [0.25, 0.3) is 77.8 Å². The lowest BCUT2D eigenvalue weighted by atomic mass is 10.1. The maximum absolute atomic E-state index is 6.54. The third-order valence-corrected chi connectivity index (χ3v) is 11.6. The van der Waals surface area contributed by atoms with E-state index >= 15 is 0 Å². The van der Waals surface area contributed by atoms with E-state index in [-0.39, 0.29) is 0 Å². The molecular weight excluding hydrogens is 793 g/mol. The minimum absolute atomic E-state index is 0.693. The molecule has 0 aliphatic carbocycles. The number of rotatable bonds is 10. The molecule has 5 aromatic heterocycles. The zero-order chi connectivity index (χ0) is 43.3. The van der Waals surface area contributed by atoms with Crippen LogP contribution in [0.15, 0.2) is 183 Å². The highest BCUT2D eigenvalue weighted by Crippen LogP contribution is 2.39. The highest BCUT2D eigenvalue weighted by molar-refractivity contribution is 6.11. The van der Waals surface area contributed by atoms with Crippen LogP contribution in [0.2, 0.25) is 0 Å². The van der Waals surface area contributed by atoms with Gasteiger partial charge in [0.05, 0.1) is 57.2 Å². The Labute approximate surface area is 369 Å². The van der Waals surface area contributed by atoms with Gasteiger partial charge in [0.2, 0.25) is 0 Å². The molecule has 5 heterocycles. The van der Waals surface area contributed by atoms with Crippen LogP contribution in [-0.2, 0) is 0 Å². The summed E-state index contributed by atoms with van der Waals surface area (Å²) in [6, 6.07) is 53.3. The summed E-state index contributed by atoms with van der Waals surface area (Å²) in [6.45, 7) is 0. The van der Waals surface area contributed by atoms with Crippen molar-refractivity contribution >= 4 is 55.0 Å². The third-order valence-electron chi connectivity index (χ3n) is 11.6. The molecule has 0 atom stereocenters. The molecule has 0 N–H and O–H groups in total. The SMILES string of the molecule is CN(C)c1cccnc1-n1c2ccccc2c2ccc(Oc3cccc(-c4cnc(-c5cccc(Oc6ccc7c8ccccc8n(-c8ncccc8N(C)C)c7c6)c5)cn4)c3)cc21. The van der Waals surface area contributed by atoms with Crippen molar-refractivity contribution < 1.29 is 9.47 Å². The number of hydrogen-bond acceptors (Lipinski definition) is 8. The van der Waals surface area contributed by atoms with Crippen molar-refractivity contribution in [3.8, 4) is 57.1 Å². The van der Waals surface area contributed by atoms with Crippen molar-refractivity contribution in [1.82, 2.24) is 29.1 Å². The van der Waals surface area contributed by atoms with Crippen LogP contribution in [-0.4, -0.2) is 57.3 Å². The molecule has 0 aliphatic heterocycles. The van der Waals surface area contributed by atoms with Gasteiger partial charge in [0.25, 0.3) is 0 Å². The lowest BCUT2D eigenvalue weighted by Crippen LogP contribution is -2.13. The van der Waals surface area contributed by atoms with Crippen molar-refractivity contribution in [3.05, 3.63) is 183 Å². The monoisotopic (exact) mass is 834 g/mol. The fourth-order valence-corrected chi connectivity index (χ4v) is 8.64. The van der Waals surface area contributed by atoms with Gasteiger partial charge < -0.3 is 19.3 Å². The van der Waals surface area contributed by atoms with Gasteiger partial charge in [0.15, 0.2) is 11.6 Å². The number of ether oxygens (including phenoxy) is 2. The number of fused-ring (bicyclic) bond motifs is 6. The Hall–Kier alpha value is -8.50. The van der Waals surface area contributed by atoms with Gasteiger partial charge in [-0.3, -0.25) is 19.1 Å². The van der Waals surface area contributed by atoms with Crippen molar-refractivity contribution in [3.63, 3.8) is 0 Å². The van der Waals surface area contributed by atoms with Crippen molar-refractivity contribution in [1.29, 1.82) is 0 Å². The second-order valence-corrected chi connectivity index (χ2v) is 16.1. The zero-order valence-corrected chi connectivity index (χ0v) is 35.7. The van der Waals surface area contributed by atoms with E-state index in [9.17, 15) is 0 Å². The van der Waals surface area contributed by atoms with E-state index in [0.29, 0.717) is 23.0 Å². The molecule has 310 valence electrons. The predicted molar refractivity (Wildman–Crippen MR) is 259 cm³/mol. The van der Waals surface area contributed by atoms with Gasteiger partial charge in [-0.2, -0.15) is 0 Å². The molecule has 11 aromatic rings. The molecule has 6 aromatic carbocycles. The van der Waals surface area contributed by atoms with Gasteiger partial charge in [-0.1, -0.05) is 60.7 Å². The minimum atomic E-state index is 0.693. The maximum atomic E-state index is 6.54. The number of para-hydroxylation sites is 2. The van der Waals surface area contributed by atoms with Gasteiger partial charge in [0.1, 0.15) is 23.0 Å². The smallest absolute Gasteiger partial charge is 0.161 e. The van der Waals surface area contributed by atoms with E-state index in [1.165, 1.54) is 0 Å². The van der Waals surface area contributed by atoms with E-state index in [2.05, 4.69) is 104 Å². The molecule has 0 bridgehead atoms. The molecule has 10 nitrogen and oxygen atoms in total. The van der Waals surface area contributed by atoms with Crippen LogP contribution < -0.4 is 19.3 Å². The lowest BCUT2D eigenvalue weighted by molar-refractivity contribution is 0.483. The summed E-state index contributed by atoms with van der Waals surface area (Å²) in [7, 11) is 8.15. The average Bonchev–Trinajstić information content (AvgIpc) is 3.83. The van der Waals surface area contributed by atoms with E-state index in [1.807, 2.05) is 113 Å². The number of benzene rings is 6. The Bertz CT molecular complexity index is 3300. The standard InChI is InChI=1S/C54H42N8O2/c1-59(2)49-21-11-27-55-53(49)61-47-19-7-5-17-41(47)43-25-23-39(31-51(43)61)63-37-15-9-13-35(29-37)45-33-58-46(34-57-45)36-14-10-16-38(30-36)64-40-24-26-44-42-18-6-8-20-48(42)62(52(44)32-40)54-50(60(3)4)22-12-28-56-54/h5-34H,1-4H3. The molecule has 0 spiro atoms. The first-order chi connectivity index (χ1) is 31.4. The Balaban J connectivity index is 0.857. The number of pyridine rings is 2. The highest BCUT2D eigenvalue weighted by Gasteiger charge is 2.19. The lowest BCUT2D eigenvalue weighted by Gasteiger charge is -2.18. The molecule has 0 radical (unpaired) electrons. The summed E-state index contributed by atoms with van der Waals surface area (Å²) in [4.78, 5) is 23.5. The Morgan fingerprint density at radius 3 is 1.23 bits per heavy atom. The topological polar surface area (TPSA) is 86.4 Å². The Kier molecular flexibility index (Phi) is 9.46. The number of hydrogen-bond donors (Lipinski definition) is 0. The van der Waals surface area contributed by atoms with Crippen LogP contribution in [0.1, 0.15) is 0 Å². The second kappa shape index (κ2) is 15.8. The first kappa shape index (κ1) is 38.4. The van der Waals surface area contributed by atoms with E-state index < -0.39 is 0 Å². The zero-order valence-electron chi connectivity index (χ0n) is 35.7. The summed E-state index contributed by atoms with van der Waals surface area (Å²) >= 11 is 0. The average molecular weight is 835 g/mol. The summed E-state index contributed by atoms with van der Waals surface area (Å²) < 4.78 is 17.5. The molecule has 0 saturated carbocycles. The quantitative estimate of drug-likeness (QED) is 0.135. The first-order valence-corrected chi connectivity index (χ1v) is 21.1. The highest BCUT2D eigenvalue weighted by atomic mass is 16.5. The van der Waals surface area contributed by atoms with Gasteiger partial charge >= 0.3 is 0 Å². The molecule has 11 rings (SSSR count). The van der Waals surface area contributed by atoms with Crippen LogP contribution in [0, 0.1) is 0 Å². The van der Waals surface area contributed by atoms with Gasteiger partial charge in [-0.05, 0) is 84.9 Å². The summed E-state index contributed by atoms with van der Waals surface area (Å²) in [5, 5.41) is 4.56. The van der Waals surface area contributed by atoms with E-state index in [4.69, 9.17) is 29.4 Å². The van der Waals surface area contributed by atoms with Crippen molar-refractivity contribution in [2.75, 3.05) is 38.0 Å². The number of nitrogens with zero attached hydrogens (tertiary/aromatic N) is 8. The maximum Gasteiger partial charge on any atom is 0.161 e. The van der Waals surface area contributed by atoms with Crippen LogP contribution in [0.5, 0.6) is 23.0 Å². The molecular formula is C54H42N8O2. The van der Waals surface area contributed by atoms with Crippen molar-refractivity contribution in [2.45, 2.75) is 0 Å².